The average Bonchev–Trinajstić information content (AvgIpc) is 2.91. The van der Waals surface area contributed by atoms with Crippen molar-refractivity contribution in [1.29, 1.82) is 0 Å². The third-order valence-corrected chi connectivity index (χ3v) is 5.62. The number of hydrogen-bond acceptors (Lipinski definition) is 5. The molecule has 2 aromatic rings. The highest BCUT2D eigenvalue weighted by atomic mass is 79.9. The Labute approximate surface area is 168 Å². The monoisotopic (exact) mass is 448 g/mol. The van der Waals surface area contributed by atoms with Crippen LogP contribution >= 0.6 is 39.9 Å². The number of thioether (sulfide) groups is 1. The largest absolute Gasteiger partial charge is 0.507 e. The zero-order valence-electron chi connectivity index (χ0n) is 13.5. The van der Waals surface area contributed by atoms with Crippen molar-refractivity contribution in [3.63, 3.8) is 0 Å². The van der Waals surface area contributed by atoms with Gasteiger partial charge in [0.25, 0.3) is 11.8 Å². The van der Waals surface area contributed by atoms with Crippen molar-refractivity contribution >= 4 is 67.8 Å². The lowest BCUT2D eigenvalue weighted by Crippen LogP contribution is -2.27. The van der Waals surface area contributed by atoms with Crippen LogP contribution < -0.4 is 10.2 Å². The van der Waals surface area contributed by atoms with E-state index in [2.05, 4.69) is 21.2 Å². The summed E-state index contributed by atoms with van der Waals surface area (Å²) in [6.07, 6.45) is 1.72. The molecular formula is C18H13BrN2O3S2. The third kappa shape index (κ3) is 3.67. The summed E-state index contributed by atoms with van der Waals surface area (Å²) < 4.78 is 0.971. The van der Waals surface area contributed by atoms with E-state index in [-0.39, 0.29) is 17.6 Å². The number of thiocarbonyl (C=S) groups is 1. The summed E-state index contributed by atoms with van der Waals surface area (Å²) in [7, 11) is 1.56. The second-order valence-electron chi connectivity index (χ2n) is 5.35. The standard InChI is InChI=1S/C18H13BrN2O3S2/c1-20-16(23)11-3-5-12(6-4-11)21-17(24)15(26-18(21)25)9-10-2-7-14(22)13(19)8-10/h2-9,22H,1H3,(H,20,23). The first-order valence-corrected chi connectivity index (χ1v) is 9.51. The van der Waals surface area contributed by atoms with E-state index < -0.39 is 0 Å². The lowest BCUT2D eigenvalue weighted by molar-refractivity contribution is -0.113. The SMILES string of the molecule is CNC(=O)c1ccc(N2C(=O)C(=Cc3ccc(O)c(Br)c3)SC2=S)cc1. The first-order valence-electron chi connectivity index (χ1n) is 7.49. The average molecular weight is 449 g/mol. The van der Waals surface area contributed by atoms with Crippen LogP contribution in [0.1, 0.15) is 15.9 Å². The van der Waals surface area contributed by atoms with Crippen molar-refractivity contribution in [2.24, 2.45) is 0 Å². The summed E-state index contributed by atoms with van der Waals surface area (Å²) in [5, 5.41) is 12.1. The summed E-state index contributed by atoms with van der Waals surface area (Å²) in [5.41, 5.74) is 1.88. The second-order valence-corrected chi connectivity index (χ2v) is 7.88. The van der Waals surface area contributed by atoms with Crippen molar-refractivity contribution in [3.8, 4) is 5.75 Å². The summed E-state index contributed by atoms with van der Waals surface area (Å²) >= 11 is 9.81. The van der Waals surface area contributed by atoms with E-state index in [0.717, 1.165) is 5.56 Å². The number of hydrogen-bond donors (Lipinski definition) is 2. The van der Waals surface area contributed by atoms with Gasteiger partial charge < -0.3 is 10.4 Å². The molecule has 1 saturated heterocycles. The smallest absolute Gasteiger partial charge is 0.270 e. The molecule has 0 radical (unpaired) electrons. The van der Waals surface area contributed by atoms with E-state index in [1.165, 1.54) is 16.7 Å². The Kier molecular flexibility index (Phi) is 5.45. The zero-order chi connectivity index (χ0) is 18.8. The normalized spacial score (nSPS) is 15.6. The summed E-state index contributed by atoms with van der Waals surface area (Å²) in [6.45, 7) is 0. The maximum absolute atomic E-state index is 12.8. The highest BCUT2D eigenvalue weighted by molar-refractivity contribution is 9.10. The summed E-state index contributed by atoms with van der Waals surface area (Å²) in [5.74, 6) is -0.289. The highest BCUT2D eigenvalue weighted by Crippen LogP contribution is 2.36. The minimum atomic E-state index is -0.225. The predicted octanol–water partition coefficient (Wildman–Crippen LogP) is 3.92. The van der Waals surface area contributed by atoms with E-state index >= 15 is 0 Å². The number of aromatic hydroxyl groups is 1. The predicted molar refractivity (Wildman–Crippen MR) is 111 cm³/mol. The van der Waals surface area contributed by atoms with Crippen LogP contribution in [0.5, 0.6) is 5.75 Å². The number of halogens is 1. The van der Waals surface area contributed by atoms with Gasteiger partial charge >= 0.3 is 0 Å². The van der Waals surface area contributed by atoms with Crippen LogP contribution in [0.3, 0.4) is 0 Å². The molecule has 1 aliphatic heterocycles. The Balaban J connectivity index is 1.88. The van der Waals surface area contributed by atoms with Crippen molar-refractivity contribution < 1.29 is 14.7 Å². The first kappa shape index (κ1) is 18.6. The molecular weight excluding hydrogens is 436 g/mol. The first-order chi connectivity index (χ1) is 12.4. The van der Waals surface area contributed by atoms with Gasteiger partial charge in [-0.25, -0.2) is 0 Å². The molecule has 2 aromatic carbocycles. The Morgan fingerprint density at radius 3 is 2.58 bits per heavy atom. The molecule has 5 nitrogen and oxygen atoms in total. The minimum absolute atomic E-state index is 0.130. The van der Waals surface area contributed by atoms with Crippen LogP contribution in [-0.4, -0.2) is 28.3 Å². The van der Waals surface area contributed by atoms with Crippen LogP contribution in [0.15, 0.2) is 51.8 Å². The van der Waals surface area contributed by atoms with Crippen LogP contribution in [0.4, 0.5) is 5.69 Å². The van der Waals surface area contributed by atoms with Gasteiger partial charge in [-0.15, -0.1) is 0 Å². The molecule has 132 valence electrons. The lowest BCUT2D eigenvalue weighted by Gasteiger charge is -2.14. The van der Waals surface area contributed by atoms with E-state index in [1.807, 2.05) is 0 Å². The molecule has 0 bridgehead atoms. The number of phenols is 1. The molecule has 0 atom stereocenters. The number of nitrogens with zero attached hydrogens (tertiary/aromatic N) is 1. The molecule has 0 aromatic heterocycles. The van der Waals surface area contributed by atoms with Crippen molar-refractivity contribution in [2.75, 3.05) is 11.9 Å². The zero-order valence-corrected chi connectivity index (χ0v) is 16.7. The molecule has 0 aliphatic carbocycles. The van der Waals surface area contributed by atoms with Gasteiger partial charge in [0.15, 0.2) is 4.32 Å². The maximum atomic E-state index is 12.8. The quantitative estimate of drug-likeness (QED) is 0.549. The number of benzene rings is 2. The summed E-state index contributed by atoms with van der Waals surface area (Å²) in [4.78, 5) is 26.3. The van der Waals surface area contributed by atoms with Gasteiger partial charge in [0.05, 0.1) is 15.1 Å². The molecule has 1 fully saturated rings. The van der Waals surface area contributed by atoms with Crippen LogP contribution in [0, 0.1) is 0 Å². The van der Waals surface area contributed by atoms with Gasteiger partial charge in [-0.3, -0.25) is 14.5 Å². The van der Waals surface area contributed by atoms with Crippen molar-refractivity contribution in [1.82, 2.24) is 5.32 Å². The summed E-state index contributed by atoms with van der Waals surface area (Å²) in [6, 6.07) is 11.7. The number of anilines is 1. The van der Waals surface area contributed by atoms with Gasteiger partial charge in [0.2, 0.25) is 0 Å². The van der Waals surface area contributed by atoms with Gasteiger partial charge in [0, 0.05) is 12.6 Å². The molecule has 3 rings (SSSR count). The van der Waals surface area contributed by atoms with E-state index in [9.17, 15) is 14.7 Å². The molecule has 2 amide bonds. The van der Waals surface area contributed by atoms with Gasteiger partial charge in [-0.05, 0) is 64.0 Å². The second kappa shape index (κ2) is 7.61. The fraction of sp³-hybridized carbons (Fsp3) is 0.0556. The van der Waals surface area contributed by atoms with Crippen molar-refractivity contribution in [3.05, 3.63) is 63.0 Å². The molecule has 0 unspecified atom stereocenters. The third-order valence-electron chi connectivity index (χ3n) is 3.68. The Morgan fingerprint density at radius 2 is 1.96 bits per heavy atom. The van der Waals surface area contributed by atoms with Gasteiger partial charge in [-0.2, -0.15) is 0 Å². The molecule has 1 heterocycles. The van der Waals surface area contributed by atoms with Crippen LogP contribution in [-0.2, 0) is 4.79 Å². The molecule has 0 spiro atoms. The number of phenolic OH excluding ortho intramolecular Hbond substituents is 1. The number of amides is 2. The topological polar surface area (TPSA) is 69.6 Å². The number of carbonyl (C=O) groups is 2. The van der Waals surface area contributed by atoms with E-state index in [0.29, 0.717) is 24.9 Å². The number of rotatable bonds is 3. The Hall–Kier alpha value is -2.16. The van der Waals surface area contributed by atoms with Crippen LogP contribution in [0.2, 0.25) is 0 Å². The molecule has 2 N–H and O–H groups in total. The molecule has 26 heavy (non-hydrogen) atoms. The molecule has 1 aliphatic rings. The molecule has 0 saturated carbocycles. The van der Waals surface area contributed by atoms with Gasteiger partial charge in [0.1, 0.15) is 5.75 Å². The lowest BCUT2D eigenvalue weighted by atomic mass is 10.1. The van der Waals surface area contributed by atoms with Gasteiger partial charge in [-0.1, -0.05) is 30.0 Å². The Morgan fingerprint density at radius 1 is 1.27 bits per heavy atom. The van der Waals surface area contributed by atoms with Crippen LogP contribution in [0.25, 0.3) is 6.08 Å². The Bertz CT molecular complexity index is 942. The fourth-order valence-electron chi connectivity index (χ4n) is 2.36. The maximum Gasteiger partial charge on any atom is 0.270 e. The fourth-order valence-corrected chi connectivity index (χ4v) is 4.06. The molecule has 8 heteroatoms. The number of nitrogens with one attached hydrogen (secondary N) is 1. The van der Waals surface area contributed by atoms with Crippen molar-refractivity contribution in [2.45, 2.75) is 0 Å². The van der Waals surface area contributed by atoms with E-state index in [4.69, 9.17) is 12.2 Å². The highest BCUT2D eigenvalue weighted by Gasteiger charge is 2.33. The minimum Gasteiger partial charge on any atom is -0.507 e. The number of carbonyl (C=O) groups excluding carboxylic acids is 2. The van der Waals surface area contributed by atoms with E-state index in [1.54, 1.807) is 55.6 Å².